The van der Waals surface area contributed by atoms with Crippen molar-refractivity contribution in [3.05, 3.63) is 69.8 Å². The van der Waals surface area contributed by atoms with E-state index in [1.54, 1.807) is 0 Å². The van der Waals surface area contributed by atoms with Crippen molar-refractivity contribution in [2.75, 3.05) is 0 Å². The van der Waals surface area contributed by atoms with Crippen LogP contribution < -0.4 is 0 Å². The lowest BCUT2D eigenvalue weighted by molar-refractivity contribution is 0.0559. The van der Waals surface area contributed by atoms with Crippen molar-refractivity contribution in [2.45, 2.75) is 85.5 Å². The Morgan fingerprint density at radius 2 is 1.31 bits per heavy atom. The quantitative estimate of drug-likeness (QED) is 0.541. The van der Waals surface area contributed by atoms with Crippen LogP contribution in [0.1, 0.15) is 73.9 Å². The van der Waals surface area contributed by atoms with E-state index in [0.29, 0.717) is 0 Å². The standard InChI is InChI=1S/C26H38O3/c1-5-21-15-19(9-11-22(21)13-14-25(29)26(2,3)4)7-6-8-20-10-12-23(17-27)24(16-20)18-28/h9-12,15-16,25,27-29H,5-8,13-14,17-18H2,1-4H3. The predicted molar refractivity (Wildman–Crippen MR) is 120 cm³/mol. The molecule has 29 heavy (non-hydrogen) atoms. The fourth-order valence-corrected chi connectivity index (χ4v) is 3.77. The largest absolute Gasteiger partial charge is 0.393 e. The number of aliphatic hydroxyl groups is 3. The van der Waals surface area contributed by atoms with E-state index in [0.717, 1.165) is 49.7 Å². The Morgan fingerprint density at radius 1 is 0.759 bits per heavy atom. The summed E-state index contributed by atoms with van der Waals surface area (Å²) in [5.74, 6) is 0. The molecule has 0 spiro atoms. The summed E-state index contributed by atoms with van der Waals surface area (Å²) < 4.78 is 0. The van der Waals surface area contributed by atoms with Crippen molar-refractivity contribution < 1.29 is 15.3 Å². The van der Waals surface area contributed by atoms with Crippen LogP contribution >= 0.6 is 0 Å². The van der Waals surface area contributed by atoms with Gasteiger partial charge in [-0.1, -0.05) is 64.1 Å². The van der Waals surface area contributed by atoms with Crippen LogP contribution in [0.2, 0.25) is 0 Å². The van der Waals surface area contributed by atoms with E-state index in [1.807, 2.05) is 18.2 Å². The molecule has 0 bridgehead atoms. The van der Waals surface area contributed by atoms with Gasteiger partial charge in [0, 0.05) is 0 Å². The summed E-state index contributed by atoms with van der Waals surface area (Å²) in [6.45, 7) is 8.39. The predicted octanol–water partition coefficient (Wildman–Crippen LogP) is 4.75. The van der Waals surface area contributed by atoms with Gasteiger partial charge >= 0.3 is 0 Å². The molecular formula is C26H38O3. The summed E-state index contributed by atoms with van der Waals surface area (Å²) >= 11 is 0. The Hall–Kier alpha value is -1.68. The molecule has 2 rings (SSSR count). The second kappa shape index (κ2) is 10.9. The van der Waals surface area contributed by atoms with Crippen LogP contribution in [0.4, 0.5) is 0 Å². The van der Waals surface area contributed by atoms with E-state index >= 15 is 0 Å². The summed E-state index contributed by atoms with van der Waals surface area (Å²) in [5.41, 5.74) is 6.85. The monoisotopic (exact) mass is 398 g/mol. The molecule has 3 N–H and O–H groups in total. The maximum absolute atomic E-state index is 10.3. The van der Waals surface area contributed by atoms with Crippen LogP contribution in [0.3, 0.4) is 0 Å². The van der Waals surface area contributed by atoms with E-state index in [1.165, 1.54) is 22.3 Å². The molecule has 0 radical (unpaired) electrons. The smallest absolute Gasteiger partial charge is 0.0685 e. The number of aliphatic hydroxyl groups excluding tert-OH is 3. The lowest BCUT2D eigenvalue weighted by Gasteiger charge is -2.26. The highest BCUT2D eigenvalue weighted by Gasteiger charge is 2.21. The van der Waals surface area contributed by atoms with Crippen molar-refractivity contribution in [3.63, 3.8) is 0 Å². The van der Waals surface area contributed by atoms with Crippen LogP contribution in [0.5, 0.6) is 0 Å². The zero-order chi connectivity index (χ0) is 21.4. The summed E-state index contributed by atoms with van der Waals surface area (Å²) in [7, 11) is 0. The molecule has 2 aromatic rings. The first kappa shape index (κ1) is 23.6. The third kappa shape index (κ3) is 6.95. The van der Waals surface area contributed by atoms with Crippen molar-refractivity contribution in [2.24, 2.45) is 5.41 Å². The fraction of sp³-hybridized carbons (Fsp3) is 0.538. The summed E-state index contributed by atoms with van der Waals surface area (Å²) in [6, 6.07) is 12.8. The van der Waals surface area contributed by atoms with E-state index in [2.05, 4.69) is 45.9 Å². The SMILES string of the molecule is CCc1cc(CCCc2ccc(CO)c(CO)c2)ccc1CCC(O)C(C)(C)C. The van der Waals surface area contributed by atoms with Gasteiger partial charge in [-0.2, -0.15) is 0 Å². The van der Waals surface area contributed by atoms with Crippen molar-refractivity contribution in [1.82, 2.24) is 0 Å². The summed E-state index contributed by atoms with van der Waals surface area (Å²) in [4.78, 5) is 0. The van der Waals surface area contributed by atoms with Crippen LogP contribution in [-0.4, -0.2) is 21.4 Å². The van der Waals surface area contributed by atoms with E-state index in [4.69, 9.17) is 0 Å². The van der Waals surface area contributed by atoms with Gasteiger partial charge in [-0.25, -0.2) is 0 Å². The Balaban J connectivity index is 1.95. The lowest BCUT2D eigenvalue weighted by Crippen LogP contribution is -2.26. The minimum atomic E-state index is -0.284. The van der Waals surface area contributed by atoms with Gasteiger partial charge in [-0.05, 0) is 77.3 Å². The molecule has 2 aromatic carbocycles. The van der Waals surface area contributed by atoms with Crippen molar-refractivity contribution in [3.8, 4) is 0 Å². The van der Waals surface area contributed by atoms with Gasteiger partial charge in [0.25, 0.3) is 0 Å². The number of aryl methyl sites for hydroxylation is 4. The number of rotatable bonds is 10. The first-order valence-electron chi connectivity index (χ1n) is 10.9. The third-order valence-corrected chi connectivity index (χ3v) is 5.88. The average molecular weight is 399 g/mol. The molecule has 0 heterocycles. The van der Waals surface area contributed by atoms with Gasteiger partial charge in [0.2, 0.25) is 0 Å². The van der Waals surface area contributed by atoms with Gasteiger partial charge in [-0.15, -0.1) is 0 Å². The molecule has 1 unspecified atom stereocenters. The molecule has 0 aliphatic heterocycles. The average Bonchev–Trinajstić information content (AvgIpc) is 2.71. The van der Waals surface area contributed by atoms with E-state index < -0.39 is 0 Å². The molecule has 0 saturated carbocycles. The molecule has 0 fully saturated rings. The topological polar surface area (TPSA) is 60.7 Å². The zero-order valence-electron chi connectivity index (χ0n) is 18.5. The highest BCUT2D eigenvalue weighted by atomic mass is 16.3. The van der Waals surface area contributed by atoms with Crippen molar-refractivity contribution >= 4 is 0 Å². The summed E-state index contributed by atoms with van der Waals surface area (Å²) in [5, 5.41) is 29.1. The highest BCUT2D eigenvalue weighted by Crippen LogP contribution is 2.24. The second-order valence-corrected chi connectivity index (χ2v) is 9.15. The molecule has 0 aliphatic carbocycles. The molecule has 0 aliphatic rings. The van der Waals surface area contributed by atoms with Gasteiger partial charge < -0.3 is 15.3 Å². The number of hydrogen-bond donors (Lipinski definition) is 3. The van der Waals surface area contributed by atoms with Crippen LogP contribution in [0.25, 0.3) is 0 Å². The minimum absolute atomic E-state index is 0.0326. The molecular weight excluding hydrogens is 360 g/mol. The van der Waals surface area contributed by atoms with Gasteiger partial charge in [0.05, 0.1) is 19.3 Å². The van der Waals surface area contributed by atoms with E-state index in [9.17, 15) is 15.3 Å². The Kier molecular flexibility index (Phi) is 8.88. The van der Waals surface area contributed by atoms with Gasteiger partial charge in [0.15, 0.2) is 0 Å². The Bertz CT molecular complexity index is 774. The first-order valence-corrected chi connectivity index (χ1v) is 10.9. The molecule has 1 atom stereocenters. The lowest BCUT2D eigenvalue weighted by atomic mass is 9.85. The van der Waals surface area contributed by atoms with Crippen LogP contribution in [-0.2, 0) is 38.9 Å². The van der Waals surface area contributed by atoms with Crippen LogP contribution in [0, 0.1) is 5.41 Å². The van der Waals surface area contributed by atoms with Gasteiger partial charge in [-0.3, -0.25) is 0 Å². The zero-order valence-corrected chi connectivity index (χ0v) is 18.5. The molecule has 0 amide bonds. The maximum Gasteiger partial charge on any atom is 0.0685 e. The van der Waals surface area contributed by atoms with Crippen molar-refractivity contribution in [1.29, 1.82) is 0 Å². The van der Waals surface area contributed by atoms with E-state index in [-0.39, 0.29) is 24.7 Å². The second-order valence-electron chi connectivity index (χ2n) is 9.15. The first-order chi connectivity index (χ1) is 13.8. The highest BCUT2D eigenvalue weighted by molar-refractivity contribution is 5.33. The maximum atomic E-state index is 10.3. The normalized spacial score (nSPS) is 12.9. The van der Waals surface area contributed by atoms with Crippen LogP contribution in [0.15, 0.2) is 36.4 Å². The number of benzene rings is 2. The molecule has 0 aromatic heterocycles. The van der Waals surface area contributed by atoms with Gasteiger partial charge in [0.1, 0.15) is 0 Å². The molecule has 0 saturated heterocycles. The molecule has 160 valence electrons. The fourth-order valence-electron chi connectivity index (χ4n) is 3.77. The number of hydrogen-bond acceptors (Lipinski definition) is 3. The third-order valence-electron chi connectivity index (χ3n) is 5.88. The Morgan fingerprint density at radius 3 is 1.83 bits per heavy atom. The minimum Gasteiger partial charge on any atom is -0.393 e. The molecule has 3 nitrogen and oxygen atoms in total. The molecule has 3 heteroatoms. The summed E-state index contributed by atoms with van der Waals surface area (Å²) in [6.07, 6.45) is 5.48. The Labute approximate surface area is 176 Å².